The summed E-state index contributed by atoms with van der Waals surface area (Å²) in [4.78, 5) is 4.50. The number of aryl methyl sites for hydroxylation is 1. The Hall–Kier alpha value is -0.410. The van der Waals surface area contributed by atoms with Crippen LogP contribution in [0.4, 0.5) is 0 Å². The molecule has 1 aromatic heterocycles. The molecule has 12 heavy (non-hydrogen) atoms. The molecule has 0 aliphatic carbocycles. The first kappa shape index (κ1) is 8.20. The molecule has 1 saturated heterocycles. The minimum atomic E-state index is 0.293. The van der Waals surface area contributed by atoms with Crippen molar-refractivity contribution in [2.45, 2.75) is 32.3 Å². The number of hydrogen-bond acceptors (Lipinski definition) is 3. The van der Waals surface area contributed by atoms with Gasteiger partial charge in [0, 0.05) is 12.0 Å². The van der Waals surface area contributed by atoms with Crippen LogP contribution in [-0.2, 0) is 11.2 Å². The molecule has 0 N–H and O–H groups in total. The number of aromatic nitrogens is 1. The van der Waals surface area contributed by atoms with Crippen LogP contribution < -0.4 is 0 Å². The quantitative estimate of drug-likeness (QED) is 0.703. The highest BCUT2D eigenvalue weighted by molar-refractivity contribution is 7.09. The van der Waals surface area contributed by atoms with Gasteiger partial charge in [-0.3, -0.25) is 0 Å². The third-order valence-electron chi connectivity index (χ3n) is 2.13. The van der Waals surface area contributed by atoms with E-state index < -0.39 is 0 Å². The summed E-state index contributed by atoms with van der Waals surface area (Å²) in [5.74, 6) is 0. The van der Waals surface area contributed by atoms with E-state index in [1.54, 1.807) is 11.3 Å². The number of hydrogen-bond donors (Lipinski definition) is 0. The molecular formula is C9H13NOS. The van der Waals surface area contributed by atoms with Crippen LogP contribution in [0.25, 0.3) is 0 Å². The SMILES string of the molecule is CCc1nc(C2CCCO2)cs1. The second kappa shape index (κ2) is 3.54. The van der Waals surface area contributed by atoms with E-state index in [4.69, 9.17) is 4.74 Å². The molecular weight excluding hydrogens is 170 g/mol. The predicted molar refractivity (Wildman–Crippen MR) is 49.4 cm³/mol. The van der Waals surface area contributed by atoms with Crippen LogP contribution in [0.5, 0.6) is 0 Å². The Bertz CT molecular complexity index is 253. The van der Waals surface area contributed by atoms with Crippen LogP contribution in [-0.4, -0.2) is 11.6 Å². The summed E-state index contributed by atoms with van der Waals surface area (Å²) in [5, 5.41) is 3.36. The summed E-state index contributed by atoms with van der Waals surface area (Å²) in [6.07, 6.45) is 3.66. The summed E-state index contributed by atoms with van der Waals surface area (Å²) < 4.78 is 5.54. The zero-order valence-corrected chi connectivity index (χ0v) is 8.06. The van der Waals surface area contributed by atoms with Gasteiger partial charge in [0.25, 0.3) is 0 Å². The molecule has 2 nitrogen and oxygen atoms in total. The lowest BCUT2D eigenvalue weighted by molar-refractivity contribution is 0.109. The number of thiazole rings is 1. The van der Waals surface area contributed by atoms with Gasteiger partial charge in [0.2, 0.25) is 0 Å². The van der Waals surface area contributed by atoms with Gasteiger partial charge in [0.05, 0.1) is 10.7 Å². The summed E-state index contributed by atoms with van der Waals surface area (Å²) in [6.45, 7) is 3.04. The van der Waals surface area contributed by atoms with Gasteiger partial charge in [0.1, 0.15) is 6.10 Å². The highest BCUT2D eigenvalue weighted by Gasteiger charge is 2.19. The van der Waals surface area contributed by atoms with Crippen LogP contribution in [0, 0.1) is 0 Å². The monoisotopic (exact) mass is 183 g/mol. The molecule has 0 amide bonds. The lowest BCUT2D eigenvalue weighted by Crippen LogP contribution is -1.95. The Balaban J connectivity index is 2.11. The molecule has 1 fully saturated rings. The Labute approximate surface area is 76.6 Å². The van der Waals surface area contributed by atoms with Crippen LogP contribution >= 0.6 is 11.3 Å². The Morgan fingerprint density at radius 3 is 3.25 bits per heavy atom. The largest absolute Gasteiger partial charge is 0.372 e. The molecule has 1 atom stereocenters. The first-order chi connectivity index (χ1) is 5.90. The lowest BCUT2D eigenvalue weighted by Gasteiger charge is -2.03. The second-order valence-electron chi connectivity index (χ2n) is 3.02. The molecule has 3 heteroatoms. The maximum Gasteiger partial charge on any atom is 0.100 e. The standard InChI is InChI=1S/C9H13NOS/c1-2-9-10-7(6-12-9)8-4-3-5-11-8/h6,8H,2-5H2,1H3. The third-order valence-corrected chi connectivity index (χ3v) is 3.14. The summed E-state index contributed by atoms with van der Waals surface area (Å²) in [7, 11) is 0. The van der Waals surface area contributed by atoms with Crippen molar-refractivity contribution in [2.24, 2.45) is 0 Å². The average molecular weight is 183 g/mol. The molecule has 0 aromatic carbocycles. The molecule has 2 rings (SSSR count). The number of ether oxygens (including phenoxy) is 1. The molecule has 2 heterocycles. The fraction of sp³-hybridized carbons (Fsp3) is 0.667. The van der Waals surface area contributed by atoms with Gasteiger partial charge in [-0.05, 0) is 19.3 Å². The highest BCUT2D eigenvalue weighted by Crippen LogP contribution is 2.29. The van der Waals surface area contributed by atoms with E-state index in [9.17, 15) is 0 Å². The third kappa shape index (κ3) is 1.52. The van der Waals surface area contributed by atoms with E-state index in [2.05, 4.69) is 17.3 Å². The van der Waals surface area contributed by atoms with Crippen LogP contribution in [0.1, 0.15) is 36.6 Å². The fourth-order valence-corrected chi connectivity index (χ4v) is 2.23. The minimum absolute atomic E-state index is 0.293. The molecule has 66 valence electrons. The van der Waals surface area contributed by atoms with Gasteiger partial charge in [-0.1, -0.05) is 6.92 Å². The van der Waals surface area contributed by atoms with Crippen LogP contribution in [0.2, 0.25) is 0 Å². The van der Waals surface area contributed by atoms with Gasteiger partial charge in [-0.2, -0.15) is 0 Å². The zero-order chi connectivity index (χ0) is 8.39. The highest BCUT2D eigenvalue weighted by atomic mass is 32.1. The molecule has 1 aliphatic heterocycles. The van der Waals surface area contributed by atoms with Crippen molar-refractivity contribution < 1.29 is 4.74 Å². The molecule has 0 radical (unpaired) electrons. The maximum absolute atomic E-state index is 5.54. The van der Waals surface area contributed by atoms with Crippen LogP contribution in [0.3, 0.4) is 0 Å². The molecule has 1 unspecified atom stereocenters. The Kier molecular flexibility index (Phi) is 2.42. The van der Waals surface area contributed by atoms with Gasteiger partial charge < -0.3 is 4.74 Å². The minimum Gasteiger partial charge on any atom is -0.372 e. The topological polar surface area (TPSA) is 22.1 Å². The smallest absolute Gasteiger partial charge is 0.100 e. The van der Waals surface area contributed by atoms with E-state index in [0.29, 0.717) is 6.10 Å². The molecule has 0 bridgehead atoms. The van der Waals surface area contributed by atoms with E-state index in [1.807, 2.05) is 0 Å². The van der Waals surface area contributed by atoms with Gasteiger partial charge in [-0.25, -0.2) is 4.98 Å². The van der Waals surface area contributed by atoms with Crippen LogP contribution in [0.15, 0.2) is 5.38 Å². The zero-order valence-electron chi connectivity index (χ0n) is 7.25. The summed E-state index contributed by atoms with van der Waals surface area (Å²) in [5.41, 5.74) is 1.15. The van der Waals surface area contributed by atoms with Crippen molar-refractivity contribution in [1.82, 2.24) is 4.98 Å². The normalized spacial score (nSPS) is 23.2. The maximum atomic E-state index is 5.54. The van der Waals surface area contributed by atoms with Crippen molar-refractivity contribution >= 4 is 11.3 Å². The van der Waals surface area contributed by atoms with Crippen molar-refractivity contribution in [3.8, 4) is 0 Å². The number of nitrogens with zero attached hydrogens (tertiary/aromatic N) is 1. The van der Waals surface area contributed by atoms with Gasteiger partial charge in [-0.15, -0.1) is 11.3 Å². The van der Waals surface area contributed by atoms with Crippen molar-refractivity contribution in [3.63, 3.8) is 0 Å². The van der Waals surface area contributed by atoms with Gasteiger partial charge in [0.15, 0.2) is 0 Å². The van der Waals surface area contributed by atoms with E-state index >= 15 is 0 Å². The summed E-state index contributed by atoms with van der Waals surface area (Å²) >= 11 is 1.75. The summed E-state index contributed by atoms with van der Waals surface area (Å²) in [6, 6.07) is 0. The Morgan fingerprint density at radius 2 is 2.67 bits per heavy atom. The Morgan fingerprint density at radius 1 is 1.75 bits per heavy atom. The first-order valence-electron chi connectivity index (χ1n) is 4.46. The van der Waals surface area contributed by atoms with E-state index in [-0.39, 0.29) is 0 Å². The molecule has 1 aliphatic rings. The number of rotatable bonds is 2. The van der Waals surface area contributed by atoms with E-state index in [1.165, 1.54) is 11.4 Å². The van der Waals surface area contributed by atoms with Crippen molar-refractivity contribution in [3.05, 3.63) is 16.1 Å². The van der Waals surface area contributed by atoms with Crippen molar-refractivity contribution in [2.75, 3.05) is 6.61 Å². The van der Waals surface area contributed by atoms with Gasteiger partial charge >= 0.3 is 0 Å². The van der Waals surface area contributed by atoms with Crippen molar-refractivity contribution in [1.29, 1.82) is 0 Å². The second-order valence-corrected chi connectivity index (χ2v) is 3.96. The molecule has 0 saturated carbocycles. The molecule has 1 aromatic rings. The fourth-order valence-electron chi connectivity index (χ4n) is 1.45. The molecule has 0 spiro atoms. The van der Waals surface area contributed by atoms with E-state index in [0.717, 1.165) is 25.1 Å². The lowest BCUT2D eigenvalue weighted by atomic mass is 10.2. The first-order valence-corrected chi connectivity index (χ1v) is 5.34. The predicted octanol–water partition coefficient (Wildman–Crippen LogP) is 2.56. The average Bonchev–Trinajstić information content (AvgIpc) is 2.75.